The number of aromatic amines is 1. The molecule has 0 aliphatic rings. The van der Waals surface area contributed by atoms with Gasteiger partial charge in [-0.2, -0.15) is 5.10 Å². The normalized spacial score (nSPS) is 13.9. The van der Waals surface area contributed by atoms with Crippen LogP contribution in [-0.4, -0.2) is 36.9 Å². The van der Waals surface area contributed by atoms with Crippen LogP contribution in [0.2, 0.25) is 0 Å². The molecule has 0 bridgehead atoms. The lowest BCUT2D eigenvalue weighted by Gasteiger charge is -2.13. The molecule has 0 aliphatic carbocycles. The number of sulfonamides is 1. The molecule has 0 fully saturated rings. The minimum Gasteiger partial charge on any atom is -0.396 e. The smallest absolute Gasteiger partial charge is 0.257 e. The van der Waals surface area contributed by atoms with Crippen molar-refractivity contribution in [3.05, 3.63) is 12.3 Å². The maximum atomic E-state index is 11.7. The zero-order valence-electron chi connectivity index (χ0n) is 9.18. The lowest BCUT2D eigenvalue weighted by atomic mass is 10.0. The summed E-state index contributed by atoms with van der Waals surface area (Å²) in [6, 6.07) is 1.40. The third-order valence-electron chi connectivity index (χ3n) is 2.44. The third-order valence-corrected chi connectivity index (χ3v) is 3.79. The van der Waals surface area contributed by atoms with E-state index in [0.29, 0.717) is 13.0 Å². The quantitative estimate of drug-likeness (QED) is 0.636. The number of aromatic nitrogens is 2. The predicted molar refractivity (Wildman–Crippen MR) is 59.3 cm³/mol. The summed E-state index contributed by atoms with van der Waals surface area (Å²) in [5.41, 5.74) is 0. The van der Waals surface area contributed by atoms with Gasteiger partial charge >= 0.3 is 0 Å². The van der Waals surface area contributed by atoms with Crippen molar-refractivity contribution in [3.8, 4) is 0 Å². The van der Waals surface area contributed by atoms with Crippen LogP contribution in [0, 0.1) is 5.92 Å². The molecule has 0 aromatic carbocycles. The molecule has 0 spiro atoms. The molecule has 0 radical (unpaired) electrons. The van der Waals surface area contributed by atoms with Gasteiger partial charge in [0.15, 0.2) is 5.03 Å². The highest BCUT2D eigenvalue weighted by molar-refractivity contribution is 7.89. The number of H-pyrrole nitrogens is 1. The molecule has 0 amide bonds. The zero-order valence-corrected chi connectivity index (χ0v) is 10.00. The van der Waals surface area contributed by atoms with Gasteiger partial charge in [0.2, 0.25) is 0 Å². The van der Waals surface area contributed by atoms with Gasteiger partial charge in [0.05, 0.1) is 6.20 Å². The minimum absolute atomic E-state index is 0.0614. The maximum Gasteiger partial charge on any atom is 0.257 e. The van der Waals surface area contributed by atoms with Crippen LogP contribution in [0.3, 0.4) is 0 Å². The van der Waals surface area contributed by atoms with Gasteiger partial charge in [0.1, 0.15) is 0 Å². The van der Waals surface area contributed by atoms with E-state index in [4.69, 9.17) is 5.11 Å². The Morgan fingerprint density at radius 1 is 1.62 bits per heavy atom. The van der Waals surface area contributed by atoms with E-state index >= 15 is 0 Å². The van der Waals surface area contributed by atoms with Gasteiger partial charge in [-0.1, -0.05) is 13.3 Å². The first-order valence-corrected chi connectivity index (χ1v) is 6.68. The highest BCUT2D eigenvalue weighted by Gasteiger charge is 2.16. The molecule has 1 aromatic heterocycles. The van der Waals surface area contributed by atoms with Gasteiger partial charge in [0, 0.05) is 13.2 Å². The van der Waals surface area contributed by atoms with E-state index in [1.807, 2.05) is 6.92 Å². The molecule has 7 heteroatoms. The molecule has 1 unspecified atom stereocenters. The van der Waals surface area contributed by atoms with Gasteiger partial charge in [0.25, 0.3) is 10.0 Å². The van der Waals surface area contributed by atoms with Crippen LogP contribution in [0.5, 0.6) is 0 Å². The summed E-state index contributed by atoms with van der Waals surface area (Å²) in [6.45, 7) is 2.37. The Balaban J connectivity index is 2.54. The van der Waals surface area contributed by atoms with Crippen molar-refractivity contribution in [1.82, 2.24) is 14.9 Å². The number of rotatable bonds is 7. The fourth-order valence-electron chi connectivity index (χ4n) is 1.33. The number of aliphatic hydroxyl groups is 1. The summed E-state index contributed by atoms with van der Waals surface area (Å²) in [5, 5.41) is 14.8. The number of hydrogen-bond acceptors (Lipinski definition) is 4. The lowest BCUT2D eigenvalue weighted by Crippen LogP contribution is -2.30. The summed E-state index contributed by atoms with van der Waals surface area (Å²) in [5.74, 6) is 0.155. The molecule has 1 heterocycles. The molecule has 1 rings (SSSR count). The Morgan fingerprint density at radius 3 is 2.88 bits per heavy atom. The van der Waals surface area contributed by atoms with E-state index in [9.17, 15) is 8.42 Å². The van der Waals surface area contributed by atoms with Crippen LogP contribution < -0.4 is 4.72 Å². The van der Waals surface area contributed by atoms with Crippen molar-refractivity contribution in [1.29, 1.82) is 0 Å². The first-order valence-electron chi connectivity index (χ1n) is 5.20. The second-order valence-electron chi connectivity index (χ2n) is 3.56. The van der Waals surface area contributed by atoms with Crippen molar-refractivity contribution in [2.24, 2.45) is 5.92 Å². The highest BCUT2D eigenvalue weighted by Crippen LogP contribution is 2.08. The molecular weight excluding hydrogens is 230 g/mol. The third kappa shape index (κ3) is 3.58. The Bertz CT molecular complexity index is 388. The largest absolute Gasteiger partial charge is 0.396 e. The molecule has 0 aliphatic heterocycles. The molecular formula is C9H17N3O3S. The topological polar surface area (TPSA) is 95.1 Å². The van der Waals surface area contributed by atoms with Crippen LogP contribution in [0.25, 0.3) is 0 Å². The van der Waals surface area contributed by atoms with Crippen LogP contribution in [0.15, 0.2) is 17.3 Å². The fourth-order valence-corrected chi connectivity index (χ4v) is 2.35. The maximum absolute atomic E-state index is 11.7. The lowest BCUT2D eigenvalue weighted by molar-refractivity contribution is 0.254. The summed E-state index contributed by atoms with van der Waals surface area (Å²) < 4.78 is 25.8. The molecule has 1 atom stereocenters. The molecule has 3 N–H and O–H groups in total. The predicted octanol–water partition coefficient (Wildman–Crippen LogP) is 0.0966. The average Bonchev–Trinajstić information content (AvgIpc) is 2.78. The minimum atomic E-state index is -3.49. The summed E-state index contributed by atoms with van der Waals surface area (Å²) >= 11 is 0. The zero-order chi connectivity index (χ0) is 12.0. The van der Waals surface area contributed by atoms with Crippen LogP contribution in [0.1, 0.15) is 19.8 Å². The Kier molecular flexibility index (Phi) is 4.91. The molecule has 92 valence electrons. The summed E-state index contributed by atoms with van der Waals surface area (Å²) in [4.78, 5) is 0. The number of aliphatic hydroxyl groups excluding tert-OH is 1. The Labute approximate surface area is 95.1 Å². The van der Waals surface area contributed by atoms with Gasteiger partial charge in [-0.05, 0) is 18.4 Å². The number of nitrogens with one attached hydrogen (secondary N) is 2. The molecule has 0 saturated carbocycles. The molecule has 6 nitrogen and oxygen atoms in total. The molecule has 0 saturated heterocycles. The fraction of sp³-hybridized carbons (Fsp3) is 0.667. The van der Waals surface area contributed by atoms with E-state index in [1.165, 1.54) is 12.3 Å². The first-order chi connectivity index (χ1) is 7.60. The first kappa shape index (κ1) is 13.1. The van der Waals surface area contributed by atoms with Gasteiger partial charge in [-0.15, -0.1) is 0 Å². The van der Waals surface area contributed by atoms with E-state index in [1.54, 1.807) is 0 Å². The van der Waals surface area contributed by atoms with Crippen molar-refractivity contribution < 1.29 is 13.5 Å². The average molecular weight is 247 g/mol. The van der Waals surface area contributed by atoms with E-state index in [2.05, 4.69) is 14.9 Å². The Morgan fingerprint density at radius 2 is 2.38 bits per heavy atom. The number of nitrogens with zero attached hydrogens (tertiary/aromatic N) is 1. The standard InChI is InChI=1S/C9H17N3O3S/c1-2-8(4-6-13)7-11-16(14,15)9-3-5-10-12-9/h3,5,8,11,13H,2,4,6-7H2,1H3,(H,10,12). The second-order valence-corrected chi connectivity index (χ2v) is 5.29. The summed E-state index contributed by atoms with van der Waals surface area (Å²) in [6.07, 6.45) is 2.81. The van der Waals surface area contributed by atoms with E-state index in [0.717, 1.165) is 6.42 Å². The second kappa shape index (κ2) is 5.97. The highest BCUT2D eigenvalue weighted by atomic mass is 32.2. The Hall–Kier alpha value is -0.920. The van der Waals surface area contributed by atoms with Gasteiger partial charge < -0.3 is 5.11 Å². The molecule has 16 heavy (non-hydrogen) atoms. The van der Waals surface area contributed by atoms with Crippen molar-refractivity contribution in [3.63, 3.8) is 0 Å². The SMILES string of the molecule is CCC(CCO)CNS(=O)(=O)c1ccn[nH]1. The van der Waals surface area contributed by atoms with Crippen LogP contribution >= 0.6 is 0 Å². The summed E-state index contributed by atoms with van der Waals surface area (Å²) in [7, 11) is -3.49. The van der Waals surface area contributed by atoms with Crippen LogP contribution in [0.4, 0.5) is 0 Å². The van der Waals surface area contributed by atoms with Crippen molar-refractivity contribution >= 4 is 10.0 Å². The van der Waals surface area contributed by atoms with Crippen molar-refractivity contribution in [2.45, 2.75) is 24.8 Å². The van der Waals surface area contributed by atoms with E-state index < -0.39 is 10.0 Å². The number of hydrogen-bond donors (Lipinski definition) is 3. The monoisotopic (exact) mass is 247 g/mol. The van der Waals surface area contributed by atoms with E-state index in [-0.39, 0.29) is 17.6 Å². The van der Waals surface area contributed by atoms with Crippen LogP contribution in [-0.2, 0) is 10.0 Å². The van der Waals surface area contributed by atoms with Gasteiger partial charge in [-0.25, -0.2) is 13.1 Å². The molecule has 1 aromatic rings. The van der Waals surface area contributed by atoms with Gasteiger partial charge in [-0.3, -0.25) is 5.10 Å². The van der Waals surface area contributed by atoms with Crippen molar-refractivity contribution in [2.75, 3.05) is 13.2 Å².